The molecule has 0 atom stereocenters. The predicted octanol–water partition coefficient (Wildman–Crippen LogP) is 3.08. The number of hydrogen-bond donors (Lipinski definition) is 1. The zero-order valence-electron chi connectivity index (χ0n) is 7.04. The second-order valence-corrected chi connectivity index (χ2v) is 8.43. The lowest BCUT2D eigenvalue weighted by atomic mass is 10.4. The van der Waals surface area contributed by atoms with E-state index < -0.39 is 11.4 Å². The Kier molecular flexibility index (Phi) is 18.8. The van der Waals surface area contributed by atoms with Gasteiger partial charge in [0.05, 0.1) is 0 Å². The first-order valence-electron chi connectivity index (χ1n) is 3.78. The van der Waals surface area contributed by atoms with Gasteiger partial charge in [-0.1, -0.05) is 13.8 Å². The molecule has 0 amide bonds. The van der Waals surface area contributed by atoms with Gasteiger partial charge in [-0.3, -0.25) is 0 Å². The molecule has 0 unspecified atom stereocenters. The molecular weight excluding hydrogens is 219 g/mol. The van der Waals surface area contributed by atoms with Crippen molar-refractivity contribution in [2.24, 2.45) is 0 Å². The summed E-state index contributed by atoms with van der Waals surface area (Å²) in [5.74, 6) is 0. The monoisotopic (exact) mass is 233 g/mol. The summed E-state index contributed by atoms with van der Waals surface area (Å²) >= 11 is -1.72. The van der Waals surface area contributed by atoms with Crippen LogP contribution in [0.15, 0.2) is 0 Å². The average molecular weight is 235 g/mol. The number of rotatable bonds is 4. The smallest absolute Gasteiger partial charge is 0.317 e. The van der Waals surface area contributed by atoms with Crippen molar-refractivity contribution in [3.63, 3.8) is 0 Å². The normalized spacial score (nSPS) is 8.45. The third-order valence-corrected chi connectivity index (χ3v) is 0.854. The van der Waals surface area contributed by atoms with Crippen LogP contribution in [0.25, 0.3) is 0 Å². The van der Waals surface area contributed by atoms with E-state index in [1.165, 1.54) is 25.9 Å². The Hall–Kier alpha value is 1.36. The number of hydrogen-bond acceptors (Lipinski definition) is 1. The predicted molar refractivity (Wildman–Crippen MR) is 56.8 cm³/mol. The van der Waals surface area contributed by atoms with Crippen LogP contribution in [0.2, 0.25) is 0 Å². The van der Waals surface area contributed by atoms with Gasteiger partial charge in [0.1, 0.15) is 0 Å². The van der Waals surface area contributed by atoms with Crippen molar-refractivity contribution in [2.75, 3.05) is 13.1 Å². The molecule has 0 aliphatic carbocycles. The van der Waals surface area contributed by atoms with Crippen LogP contribution in [-0.4, -0.2) is 24.5 Å². The largest absolute Gasteiger partial charge is 0.643 e. The van der Waals surface area contributed by atoms with Crippen LogP contribution in [-0.2, 0) is 0 Å². The van der Waals surface area contributed by atoms with Gasteiger partial charge < -0.3 is 5.32 Å². The van der Waals surface area contributed by atoms with Crippen LogP contribution in [0, 0.1) is 0 Å². The minimum absolute atomic E-state index is 1.17. The van der Waals surface area contributed by atoms with Crippen LogP contribution < -0.4 is 5.32 Å². The van der Waals surface area contributed by atoms with Crippen molar-refractivity contribution in [2.45, 2.75) is 26.7 Å². The average Bonchev–Trinajstić information content (AvgIpc) is 1.88. The van der Waals surface area contributed by atoms with Gasteiger partial charge in [-0.25, -0.2) is 30.1 Å². The van der Waals surface area contributed by atoms with Crippen molar-refractivity contribution in [1.29, 1.82) is 0 Å². The Bertz CT molecular complexity index is 57.0. The maximum Gasteiger partial charge on any atom is 0.643 e. The summed E-state index contributed by atoms with van der Waals surface area (Å²) in [4.78, 5) is 0. The molecule has 1 N–H and O–H groups in total. The molecular formula is C6H15AlCl3N. The fraction of sp³-hybridized carbons (Fsp3) is 1.00. The molecule has 1 nitrogen and oxygen atoms in total. The van der Waals surface area contributed by atoms with Gasteiger partial charge in [-0.2, -0.15) is 0 Å². The molecule has 0 fully saturated rings. The second-order valence-electron chi connectivity index (χ2n) is 2.00. The number of halogens is 3. The van der Waals surface area contributed by atoms with Crippen molar-refractivity contribution in [3.05, 3.63) is 0 Å². The molecule has 0 spiro atoms. The van der Waals surface area contributed by atoms with Gasteiger partial charge in [-0.15, -0.1) is 0 Å². The quantitative estimate of drug-likeness (QED) is 0.582. The molecule has 68 valence electrons. The second kappa shape index (κ2) is 13.9. The summed E-state index contributed by atoms with van der Waals surface area (Å²) in [6, 6.07) is 0. The highest BCUT2D eigenvalue weighted by Crippen LogP contribution is 1.97. The molecule has 0 aromatic rings. The Morgan fingerprint density at radius 3 is 1.45 bits per heavy atom. The van der Waals surface area contributed by atoms with E-state index in [0.717, 1.165) is 0 Å². The van der Waals surface area contributed by atoms with Crippen molar-refractivity contribution in [3.8, 4) is 0 Å². The maximum absolute atomic E-state index is 4.94. The molecule has 0 heterocycles. The molecule has 0 saturated heterocycles. The Morgan fingerprint density at radius 1 is 1.00 bits per heavy atom. The first kappa shape index (κ1) is 14.9. The summed E-state index contributed by atoms with van der Waals surface area (Å²) in [6.45, 7) is 6.72. The summed E-state index contributed by atoms with van der Waals surface area (Å²) in [5, 5.41) is 3.28. The molecule has 0 saturated carbocycles. The maximum atomic E-state index is 4.94. The summed E-state index contributed by atoms with van der Waals surface area (Å²) in [6.07, 6.45) is 2.50. The van der Waals surface area contributed by atoms with E-state index in [-0.39, 0.29) is 0 Å². The molecule has 0 aromatic heterocycles. The highest BCUT2D eigenvalue weighted by molar-refractivity contribution is 7.54. The van der Waals surface area contributed by atoms with Crippen molar-refractivity contribution in [1.82, 2.24) is 5.32 Å². The van der Waals surface area contributed by atoms with Gasteiger partial charge >= 0.3 is 11.4 Å². The molecule has 0 aromatic carbocycles. The fourth-order valence-electron chi connectivity index (χ4n) is 0.479. The van der Waals surface area contributed by atoms with E-state index in [4.69, 9.17) is 30.1 Å². The van der Waals surface area contributed by atoms with E-state index >= 15 is 0 Å². The summed E-state index contributed by atoms with van der Waals surface area (Å²) < 4.78 is 0. The highest BCUT2D eigenvalue weighted by atomic mass is 35.8. The topological polar surface area (TPSA) is 12.0 Å². The van der Waals surface area contributed by atoms with E-state index in [1.54, 1.807) is 0 Å². The van der Waals surface area contributed by atoms with E-state index in [9.17, 15) is 0 Å². The number of nitrogens with one attached hydrogen (secondary N) is 1. The Labute approximate surface area is 86.4 Å². The van der Waals surface area contributed by atoms with Crippen molar-refractivity contribution < 1.29 is 0 Å². The lowest BCUT2D eigenvalue weighted by molar-refractivity contribution is 0.662. The van der Waals surface area contributed by atoms with E-state index in [1.807, 2.05) is 0 Å². The zero-order chi connectivity index (χ0) is 9.11. The first-order valence-corrected chi connectivity index (χ1v) is 9.01. The molecule has 0 radical (unpaired) electrons. The third kappa shape index (κ3) is 34.6. The Morgan fingerprint density at radius 2 is 1.27 bits per heavy atom. The van der Waals surface area contributed by atoms with E-state index in [0.29, 0.717) is 0 Å². The van der Waals surface area contributed by atoms with Crippen LogP contribution in [0.5, 0.6) is 0 Å². The third-order valence-electron chi connectivity index (χ3n) is 0.854. The Balaban J connectivity index is 0. The molecule has 5 heteroatoms. The SMILES string of the molecule is CCCNCCC.[Cl][Al]([Cl])[Cl]. The van der Waals surface area contributed by atoms with E-state index in [2.05, 4.69) is 19.2 Å². The molecule has 0 bridgehead atoms. The minimum Gasteiger partial charge on any atom is -0.317 e. The molecule has 0 aliphatic rings. The lowest BCUT2D eigenvalue weighted by Crippen LogP contribution is -2.14. The van der Waals surface area contributed by atoms with Crippen LogP contribution in [0.1, 0.15) is 26.7 Å². The van der Waals surface area contributed by atoms with Gasteiger partial charge in [0, 0.05) is 0 Å². The van der Waals surface area contributed by atoms with Crippen molar-refractivity contribution >= 4 is 41.5 Å². The minimum atomic E-state index is -1.72. The highest BCUT2D eigenvalue weighted by Gasteiger charge is 2.00. The first-order chi connectivity index (χ1) is 5.15. The van der Waals surface area contributed by atoms with Gasteiger partial charge in [0.15, 0.2) is 0 Å². The zero-order valence-corrected chi connectivity index (χ0v) is 10.5. The lowest BCUT2D eigenvalue weighted by Gasteiger charge is -1.95. The van der Waals surface area contributed by atoms with Crippen LogP contribution >= 0.6 is 30.1 Å². The standard InChI is InChI=1S/C6H15N.Al.3ClH/c1-3-5-7-6-4-2;;;;/h7H,3-6H2,1-2H3;;3*1H/q;+3;;;/p-3. The van der Waals surface area contributed by atoms with Gasteiger partial charge in [0.25, 0.3) is 0 Å². The van der Waals surface area contributed by atoms with Crippen LogP contribution in [0.4, 0.5) is 0 Å². The van der Waals surface area contributed by atoms with Crippen LogP contribution in [0.3, 0.4) is 0 Å². The van der Waals surface area contributed by atoms with Gasteiger partial charge in [0.2, 0.25) is 0 Å². The fourth-order valence-corrected chi connectivity index (χ4v) is 0.479. The summed E-state index contributed by atoms with van der Waals surface area (Å²) in [7, 11) is 14.8. The molecule has 0 aliphatic heterocycles. The molecule has 11 heavy (non-hydrogen) atoms. The summed E-state index contributed by atoms with van der Waals surface area (Å²) in [5.41, 5.74) is 0. The molecule has 0 rings (SSSR count). The van der Waals surface area contributed by atoms with Gasteiger partial charge in [-0.05, 0) is 25.9 Å².